The van der Waals surface area contributed by atoms with Gasteiger partial charge in [0.15, 0.2) is 0 Å². The molecule has 1 fully saturated rings. The second kappa shape index (κ2) is 7.60. The van der Waals surface area contributed by atoms with Crippen molar-refractivity contribution < 1.29 is 9.18 Å². The van der Waals surface area contributed by atoms with Crippen LogP contribution in [0.2, 0.25) is 0 Å². The highest BCUT2D eigenvalue weighted by molar-refractivity contribution is 6.05. The Labute approximate surface area is 170 Å². The van der Waals surface area contributed by atoms with E-state index >= 15 is 0 Å². The number of rotatable bonds is 4. The molecule has 5 rings (SSSR count). The molecule has 148 valence electrons. The molecule has 1 aliphatic heterocycles. The van der Waals surface area contributed by atoms with Crippen LogP contribution in [0.15, 0.2) is 54.6 Å². The molecule has 3 aromatic rings. The van der Waals surface area contributed by atoms with Crippen LogP contribution in [0.4, 0.5) is 10.1 Å². The highest BCUT2D eigenvalue weighted by Crippen LogP contribution is 2.35. The second-order valence-corrected chi connectivity index (χ2v) is 8.24. The predicted octanol–water partition coefficient (Wildman–Crippen LogP) is 4.93. The van der Waals surface area contributed by atoms with E-state index in [1.54, 1.807) is 6.07 Å². The quantitative estimate of drug-likeness (QED) is 0.687. The predicted molar refractivity (Wildman–Crippen MR) is 114 cm³/mol. The Kier molecular flexibility index (Phi) is 4.80. The number of aryl methyl sites for hydroxylation is 2. The summed E-state index contributed by atoms with van der Waals surface area (Å²) in [4.78, 5) is 15.2. The number of piperidine rings is 1. The number of benzene rings is 3. The number of nitrogens with zero attached hydrogens (tertiary/aromatic N) is 1. The summed E-state index contributed by atoms with van der Waals surface area (Å²) in [5, 5.41) is 5.67. The normalized spacial score (nSPS) is 17.0. The van der Waals surface area contributed by atoms with Gasteiger partial charge in [-0.2, -0.15) is 0 Å². The van der Waals surface area contributed by atoms with Gasteiger partial charge in [0.1, 0.15) is 5.82 Å². The lowest BCUT2D eigenvalue weighted by atomic mass is 9.95. The van der Waals surface area contributed by atoms with Crippen molar-refractivity contribution in [2.24, 2.45) is 5.92 Å². The molecule has 3 nitrogen and oxygen atoms in total. The van der Waals surface area contributed by atoms with E-state index in [9.17, 15) is 9.18 Å². The lowest BCUT2D eigenvalue weighted by Gasteiger charge is -2.31. The fourth-order valence-corrected chi connectivity index (χ4v) is 4.81. The third-order valence-electron chi connectivity index (χ3n) is 6.44. The highest BCUT2D eigenvalue weighted by atomic mass is 19.1. The van der Waals surface area contributed by atoms with E-state index in [1.165, 1.54) is 22.6 Å². The number of likely N-dealkylation sites (tertiary alicyclic amines) is 1. The zero-order chi connectivity index (χ0) is 19.8. The molecule has 0 unspecified atom stereocenters. The van der Waals surface area contributed by atoms with E-state index in [1.807, 2.05) is 12.1 Å². The first-order chi connectivity index (χ1) is 14.2. The van der Waals surface area contributed by atoms with Gasteiger partial charge >= 0.3 is 0 Å². The van der Waals surface area contributed by atoms with Crippen LogP contribution in [0.5, 0.6) is 0 Å². The smallest absolute Gasteiger partial charge is 0.227 e. The minimum absolute atomic E-state index is 0.00917. The zero-order valence-corrected chi connectivity index (χ0v) is 16.5. The molecule has 29 heavy (non-hydrogen) atoms. The summed E-state index contributed by atoms with van der Waals surface area (Å²) >= 11 is 0. The number of halogens is 1. The SMILES string of the molecule is O=C(Nc1ccc2c3c(cccc13)CC2)C1CCN(Cc2ccccc2F)CC1. The Morgan fingerprint density at radius 3 is 2.52 bits per heavy atom. The van der Waals surface area contributed by atoms with Crippen LogP contribution in [0, 0.1) is 11.7 Å². The third kappa shape index (κ3) is 3.53. The number of amides is 1. The summed E-state index contributed by atoms with van der Waals surface area (Å²) in [5.41, 5.74) is 4.42. The van der Waals surface area contributed by atoms with E-state index in [4.69, 9.17) is 0 Å². The molecule has 0 bridgehead atoms. The van der Waals surface area contributed by atoms with E-state index in [0.29, 0.717) is 6.54 Å². The van der Waals surface area contributed by atoms with E-state index < -0.39 is 0 Å². The number of anilines is 1. The lowest BCUT2D eigenvalue weighted by Crippen LogP contribution is -2.37. The Hall–Kier alpha value is -2.72. The first-order valence-corrected chi connectivity index (χ1v) is 10.5. The van der Waals surface area contributed by atoms with Gasteiger partial charge < -0.3 is 5.32 Å². The van der Waals surface area contributed by atoms with Gasteiger partial charge in [0, 0.05) is 29.1 Å². The number of hydrogen-bond donors (Lipinski definition) is 1. The molecule has 0 aromatic heterocycles. The number of carbonyl (C=O) groups is 1. The van der Waals surface area contributed by atoms with Crippen LogP contribution >= 0.6 is 0 Å². The highest BCUT2D eigenvalue weighted by Gasteiger charge is 2.26. The Balaban J connectivity index is 1.24. The maximum absolute atomic E-state index is 13.9. The molecule has 2 aliphatic rings. The molecule has 4 heteroatoms. The van der Waals surface area contributed by atoms with Crippen molar-refractivity contribution in [1.82, 2.24) is 4.90 Å². The minimum atomic E-state index is -0.153. The molecule has 1 aliphatic carbocycles. The van der Waals surface area contributed by atoms with Crippen molar-refractivity contribution in [3.8, 4) is 0 Å². The van der Waals surface area contributed by atoms with Crippen molar-refractivity contribution in [3.63, 3.8) is 0 Å². The maximum atomic E-state index is 13.9. The average Bonchev–Trinajstić information content (AvgIpc) is 3.17. The second-order valence-electron chi connectivity index (χ2n) is 8.24. The Morgan fingerprint density at radius 1 is 0.966 bits per heavy atom. The molecule has 0 radical (unpaired) electrons. The van der Waals surface area contributed by atoms with E-state index in [2.05, 4.69) is 40.5 Å². The van der Waals surface area contributed by atoms with E-state index in [-0.39, 0.29) is 17.6 Å². The van der Waals surface area contributed by atoms with Crippen LogP contribution in [-0.4, -0.2) is 23.9 Å². The summed E-state index contributed by atoms with van der Waals surface area (Å²) in [6.07, 6.45) is 3.79. The summed E-state index contributed by atoms with van der Waals surface area (Å²) in [5.74, 6) is -0.0384. The van der Waals surface area contributed by atoms with E-state index in [0.717, 1.165) is 55.4 Å². The largest absolute Gasteiger partial charge is 0.325 e. The first kappa shape index (κ1) is 18.3. The summed E-state index contributed by atoms with van der Waals surface area (Å²) < 4.78 is 13.9. The van der Waals surface area contributed by atoms with Gasteiger partial charge in [0.05, 0.1) is 0 Å². The zero-order valence-electron chi connectivity index (χ0n) is 16.5. The Morgan fingerprint density at radius 2 is 1.72 bits per heavy atom. The van der Waals surface area contributed by atoms with Crippen molar-refractivity contribution in [3.05, 3.63) is 77.1 Å². The molecule has 0 atom stereocenters. The summed E-state index contributed by atoms with van der Waals surface area (Å²) in [6.45, 7) is 2.24. The molecule has 3 aromatic carbocycles. The van der Waals surface area contributed by atoms with Gasteiger partial charge in [-0.25, -0.2) is 4.39 Å². The first-order valence-electron chi connectivity index (χ1n) is 10.5. The van der Waals surface area contributed by atoms with Crippen LogP contribution in [-0.2, 0) is 24.2 Å². The molecule has 1 heterocycles. The van der Waals surface area contributed by atoms with Crippen LogP contribution in [0.3, 0.4) is 0 Å². The minimum Gasteiger partial charge on any atom is -0.325 e. The van der Waals surface area contributed by atoms with Crippen LogP contribution < -0.4 is 5.32 Å². The van der Waals surface area contributed by atoms with Gasteiger partial charge in [-0.1, -0.05) is 42.5 Å². The van der Waals surface area contributed by atoms with Crippen LogP contribution in [0.1, 0.15) is 29.5 Å². The van der Waals surface area contributed by atoms with Gasteiger partial charge in [-0.15, -0.1) is 0 Å². The molecular formula is C25H25FN2O. The molecule has 0 spiro atoms. The van der Waals surface area contributed by atoms with Crippen LogP contribution in [0.25, 0.3) is 10.8 Å². The Bertz CT molecular complexity index is 1060. The standard InChI is InChI=1S/C25H25FN2O/c26-22-7-2-1-4-20(22)16-28-14-12-19(13-15-28)25(29)27-23-11-10-18-9-8-17-5-3-6-21(23)24(17)18/h1-7,10-11,19H,8-9,12-16H2,(H,27,29). The van der Waals surface area contributed by atoms with Gasteiger partial charge in [0.2, 0.25) is 5.91 Å². The molecule has 0 saturated carbocycles. The van der Waals surface area contributed by atoms with Crippen molar-refractivity contribution in [2.45, 2.75) is 32.2 Å². The molecule has 1 saturated heterocycles. The van der Waals surface area contributed by atoms with Crippen molar-refractivity contribution in [1.29, 1.82) is 0 Å². The molecular weight excluding hydrogens is 363 g/mol. The topological polar surface area (TPSA) is 32.3 Å². The maximum Gasteiger partial charge on any atom is 0.227 e. The average molecular weight is 388 g/mol. The summed E-state index contributed by atoms with van der Waals surface area (Å²) in [6, 6.07) is 17.5. The molecule has 1 amide bonds. The number of carbonyl (C=O) groups excluding carboxylic acids is 1. The summed E-state index contributed by atoms with van der Waals surface area (Å²) in [7, 11) is 0. The van der Waals surface area contributed by atoms with Gasteiger partial charge in [0.25, 0.3) is 0 Å². The lowest BCUT2D eigenvalue weighted by molar-refractivity contribution is -0.121. The number of nitrogens with one attached hydrogen (secondary N) is 1. The van der Waals surface area contributed by atoms with Crippen molar-refractivity contribution in [2.75, 3.05) is 18.4 Å². The fourth-order valence-electron chi connectivity index (χ4n) is 4.81. The number of hydrogen-bond acceptors (Lipinski definition) is 2. The van der Waals surface area contributed by atoms with Gasteiger partial charge in [-0.3, -0.25) is 9.69 Å². The fraction of sp³-hybridized carbons (Fsp3) is 0.320. The van der Waals surface area contributed by atoms with Crippen molar-refractivity contribution >= 4 is 22.4 Å². The van der Waals surface area contributed by atoms with Gasteiger partial charge in [-0.05, 0) is 67.4 Å². The molecule has 1 N–H and O–H groups in total. The monoisotopic (exact) mass is 388 g/mol. The third-order valence-corrected chi connectivity index (χ3v) is 6.44.